The molecule has 7 heteroatoms. The van der Waals surface area contributed by atoms with Gasteiger partial charge < -0.3 is 10.6 Å². The van der Waals surface area contributed by atoms with Gasteiger partial charge in [-0.25, -0.2) is 9.48 Å². The molecule has 1 unspecified atom stereocenters. The molecule has 2 aromatic heterocycles. The molecule has 0 radical (unpaired) electrons. The first-order valence-corrected chi connectivity index (χ1v) is 9.14. The van der Waals surface area contributed by atoms with Gasteiger partial charge in [-0.05, 0) is 38.0 Å². The molecule has 0 aliphatic carbocycles. The highest BCUT2D eigenvalue weighted by Crippen LogP contribution is 2.17. The van der Waals surface area contributed by atoms with Crippen molar-refractivity contribution in [1.29, 1.82) is 0 Å². The molecule has 0 spiro atoms. The summed E-state index contributed by atoms with van der Waals surface area (Å²) in [5, 5.41) is 14.7. The summed E-state index contributed by atoms with van der Waals surface area (Å²) in [6.45, 7) is 7.88. The van der Waals surface area contributed by atoms with E-state index in [0.717, 1.165) is 29.2 Å². The number of carbonyl (C=O) groups excluding carboxylic acids is 1. The number of benzene rings is 1. The Hall–Kier alpha value is -3.09. The van der Waals surface area contributed by atoms with Crippen molar-refractivity contribution in [3.63, 3.8) is 0 Å². The van der Waals surface area contributed by atoms with Crippen molar-refractivity contribution >= 4 is 6.03 Å². The minimum Gasteiger partial charge on any atom is -0.338 e. The van der Waals surface area contributed by atoms with Crippen LogP contribution in [0, 0.1) is 19.8 Å². The highest BCUT2D eigenvalue weighted by Gasteiger charge is 2.14. The van der Waals surface area contributed by atoms with Crippen molar-refractivity contribution in [2.45, 2.75) is 33.9 Å². The van der Waals surface area contributed by atoms with E-state index >= 15 is 0 Å². The molecule has 3 rings (SSSR count). The van der Waals surface area contributed by atoms with Gasteiger partial charge in [-0.1, -0.05) is 25.1 Å². The second-order valence-corrected chi connectivity index (χ2v) is 6.79. The normalized spacial score (nSPS) is 12.0. The molecular formula is C20H26N6O. The molecule has 0 saturated heterocycles. The predicted octanol–water partition coefficient (Wildman–Crippen LogP) is 2.82. The maximum absolute atomic E-state index is 12.2. The monoisotopic (exact) mass is 366 g/mol. The van der Waals surface area contributed by atoms with Gasteiger partial charge in [0.1, 0.15) is 0 Å². The fraction of sp³-hybridized carbons (Fsp3) is 0.350. The van der Waals surface area contributed by atoms with Gasteiger partial charge in [0.05, 0.1) is 11.4 Å². The van der Waals surface area contributed by atoms with Crippen LogP contribution in [0.5, 0.6) is 0 Å². The third kappa shape index (κ3) is 4.75. The third-order valence-electron chi connectivity index (χ3n) is 4.54. The molecule has 142 valence electrons. The van der Waals surface area contributed by atoms with Crippen LogP contribution >= 0.6 is 0 Å². The number of nitrogens with zero attached hydrogens (tertiary/aromatic N) is 4. The summed E-state index contributed by atoms with van der Waals surface area (Å²) in [7, 11) is 0. The van der Waals surface area contributed by atoms with Crippen LogP contribution in [0.15, 0.2) is 48.8 Å². The lowest BCUT2D eigenvalue weighted by molar-refractivity contribution is 0.238. The van der Waals surface area contributed by atoms with Crippen LogP contribution in [-0.2, 0) is 13.1 Å². The first-order valence-electron chi connectivity index (χ1n) is 9.14. The molecule has 3 aromatic rings. The van der Waals surface area contributed by atoms with Crippen molar-refractivity contribution in [1.82, 2.24) is 30.2 Å². The van der Waals surface area contributed by atoms with Crippen LogP contribution in [0.4, 0.5) is 4.79 Å². The van der Waals surface area contributed by atoms with Crippen molar-refractivity contribution in [2.75, 3.05) is 6.54 Å². The number of urea groups is 1. The Balaban J connectivity index is 1.52. The van der Waals surface area contributed by atoms with E-state index in [1.165, 1.54) is 0 Å². The van der Waals surface area contributed by atoms with E-state index in [1.54, 1.807) is 6.20 Å². The first kappa shape index (κ1) is 18.7. The molecule has 0 aliphatic heterocycles. The Morgan fingerprint density at radius 3 is 2.63 bits per heavy atom. The quantitative estimate of drug-likeness (QED) is 0.675. The summed E-state index contributed by atoms with van der Waals surface area (Å²) in [6, 6.07) is 11.7. The Morgan fingerprint density at radius 1 is 1.15 bits per heavy atom. The highest BCUT2D eigenvalue weighted by atomic mass is 16.2. The second-order valence-electron chi connectivity index (χ2n) is 6.79. The van der Waals surface area contributed by atoms with Gasteiger partial charge in [0.2, 0.25) is 0 Å². The number of hydrogen-bond acceptors (Lipinski definition) is 3. The SMILES string of the molecule is Cc1nn(-c2ccccc2)c(C)c1CNC(=O)NCC(C)Cn1cccn1. The Bertz CT molecular complexity index is 870. The maximum atomic E-state index is 12.2. The molecule has 2 N–H and O–H groups in total. The Kier molecular flexibility index (Phi) is 5.90. The van der Waals surface area contributed by atoms with Crippen LogP contribution in [0.2, 0.25) is 0 Å². The van der Waals surface area contributed by atoms with E-state index in [-0.39, 0.29) is 6.03 Å². The molecule has 2 heterocycles. The fourth-order valence-electron chi connectivity index (χ4n) is 3.04. The van der Waals surface area contributed by atoms with Gasteiger partial charge in [0.25, 0.3) is 0 Å². The summed E-state index contributed by atoms with van der Waals surface area (Å²) in [5.74, 6) is 0.292. The number of amides is 2. The first-order chi connectivity index (χ1) is 13.0. The largest absolute Gasteiger partial charge is 0.338 e. The van der Waals surface area contributed by atoms with Crippen molar-refractivity contribution in [2.24, 2.45) is 5.92 Å². The fourth-order valence-corrected chi connectivity index (χ4v) is 3.04. The molecule has 27 heavy (non-hydrogen) atoms. The van der Waals surface area contributed by atoms with E-state index in [4.69, 9.17) is 0 Å². The molecule has 0 fully saturated rings. The average molecular weight is 366 g/mol. The summed E-state index contributed by atoms with van der Waals surface area (Å²) in [5.41, 5.74) is 4.01. The van der Waals surface area contributed by atoms with Gasteiger partial charge >= 0.3 is 6.03 Å². The maximum Gasteiger partial charge on any atom is 0.315 e. The topological polar surface area (TPSA) is 76.8 Å². The summed E-state index contributed by atoms with van der Waals surface area (Å²) < 4.78 is 3.78. The number of carbonyl (C=O) groups is 1. The Morgan fingerprint density at radius 2 is 1.93 bits per heavy atom. The zero-order valence-corrected chi connectivity index (χ0v) is 16.0. The molecule has 2 amide bonds. The zero-order valence-electron chi connectivity index (χ0n) is 16.0. The number of rotatable bonds is 7. The van der Waals surface area contributed by atoms with Crippen LogP contribution in [-0.4, -0.2) is 32.1 Å². The van der Waals surface area contributed by atoms with E-state index in [9.17, 15) is 4.79 Å². The van der Waals surface area contributed by atoms with Gasteiger partial charge in [0, 0.05) is 43.3 Å². The summed E-state index contributed by atoms with van der Waals surface area (Å²) in [4.78, 5) is 12.2. The van der Waals surface area contributed by atoms with Crippen LogP contribution in [0.25, 0.3) is 5.69 Å². The lowest BCUT2D eigenvalue weighted by atomic mass is 10.2. The number of nitrogens with one attached hydrogen (secondary N) is 2. The lowest BCUT2D eigenvalue weighted by Gasteiger charge is -2.13. The Labute approximate surface area is 159 Å². The minimum absolute atomic E-state index is 0.173. The molecule has 0 aliphatic rings. The lowest BCUT2D eigenvalue weighted by Crippen LogP contribution is -2.38. The number of aromatic nitrogens is 4. The number of hydrogen-bond donors (Lipinski definition) is 2. The molecule has 1 atom stereocenters. The van der Waals surface area contributed by atoms with Gasteiger partial charge in [-0.2, -0.15) is 10.2 Å². The van der Waals surface area contributed by atoms with E-state index in [2.05, 4.69) is 27.8 Å². The van der Waals surface area contributed by atoms with Gasteiger partial charge in [-0.3, -0.25) is 4.68 Å². The molecule has 1 aromatic carbocycles. The van der Waals surface area contributed by atoms with Crippen molar-refractivity contribution < 1.29 is 4.79 Å². The van der Waals surface area contributed by atoms with Gasteiger partial charge in [-0.15, -0.1) is 0 Å². The van der Waals surface area contributed by atoms with Crippen LogP contribution < -0.4 is 10.6 Å². The summed E-state index contributed by atoms with van der Waals surface area (Å²) in [6.07, 6.45) is 3.68. The number of para-hydroxylation sites is 1. The minimum atomic E-state index is -0.173. The molecule has 0 bridgehead atoms. The number of aryl methyl sites for hydroxylation is 1. The highest BCUT2D eigenvalue weighted by molar-refractivity contribution is 5.73. The van der Waals surface area contributed by atoms with E-state index in [0.29, 0.717) is 19.0 Å². The summed E-state index contributed by atoms with van der Waals surface area (Å²) >= 11 is 0. The van der Waals surface area contributed by atoms with Gasteiger partial charge in [0.15, 0.2) is 0 Å². The van der Waals surface area contributed by atoms with Crippen molar-refractivity contribution in [3.05, 3.63) is 65.7 Å². The van der Waals surface area contributed by atoms with Crippen LogP contribution in [0.1, 0.15) is 23.9 Å². The average Bonchev–Trinajstić information content (AvgIpc) is 3.27. The van der Waals surface area contributed by atoms with E-state index in [1.807, 2.05) is 65.8 Å². The smallest absolute Gasteiger partial charge is 0.315 e. The predicted molar refractivity (Wildman–Crippen MR) is 105 cm³/mol. The third-order valence-corrected chi connectivity index (χ3v) is 4.54. The molecule has 0 saturated carbocycles. The van der Waals surface area contributed by atoms with Crippen LogP contribution in [0.3, 0.4) is 0 Å². The second kappa shape index (κ2) is 8.53. The standard InChI is InChI=1S/C20H26N6O/c1-15(14-25-11-7-10-23-25)12-21-20(27)22-13-19-16(2)24-26(17(19)3)18-8-5-4-6-9-18/h4-11,15H,12-14H2,1-3H3,(H2,21,22,27). The zero-order chi connectivity index (χ0) is 19.2. The molecular weight excluding hydrogens is 340 g/mol. The van der Waals surface area contributed by atoms with E-state index < -0.39 is 0 Å². The molecule has 7 nitrogen and oxygen atoms in total. The van der Waals surface area contributed by atoms with Crippen molar-refractivity contribution in [3.8, 4) is 5.69 Å².